The second-order valence-electron chi connectivity index (χ2n) is 6.53. The molecule has 1 heterocycles. The summed E-state index contributed by atoms with van der Waals surface area (Å²) in [6, 6.07) is 9.14. The van der Waals surface area contributed by atoms with Crippen molar-refractivity contribution in [3.63, 3.8) is 0 Å². The fraction of sp³-hybridized carbons (Fsp3) is 0.667. The van der Waals surface area contributed by atoms with Crippen LogP contribution in [0.15, 0.2) is 24.3 Å². The molecular formula is C18H26BrN. The van der Waals surface area contributed by atoms with Crippen molar-refractivity contribution in [2.45, 2.75) is 44.4 Å². The van der Waals surface area contributed by atoms with Crippen LogP contribution in [0.2, 0.25) is 0 Å². The van der Waals surface area contributed by atoms with Crippen LogP contribution >= 0.6 is 15.9 Å². The van der Waals surface area contributed by atoms with Crippen molar-refractivity contribution in [2.75, 3.05) is 25.0 Å². The Kier molecular flexibility index (Phi) is 5.17. The lowest BCUT2D eigenvalue weighted by molar-refractivity contribution is 0.160. The van der Waals surface area contributed by atoms with E-state index >= 15 is 0 Å². The maximum absolute atomic E-state index is 3.61. The molecule has 1 nitrogen and oxygen atoms in total. The molecule has 2 aliphatic rings. The van der Waals surface area contributed by atoms with Gasteiger partial charge in [-0.2, -0.15) is 0 Å². The highest BCUT2D eigenvalue weighted by Gasteiger charge is 2.25. The number of halogens is 1. The molecule has 0 saturated carbocycles. The summed E-state index contributed by atoms with van der Waals surface area (Å²) < 4.78 is 0. The molecule has 110 valence electrons. The number of hydrogen-bond acceptors (Lipinski definition) is 1. The van der Waals surface area contributed by atoms with Crippen LogP contribution < -0.4 is 0 Å². The number of fused-ring (bicyclic) bond motifs is 1. The Hall–Kier alpha value is -0.340. The molecule has 0 N–H and O–H groups in total. The fourth-order valence-electron chi connectivity index (χ4n) is 4.06. The molecular weight excluding hydrogens is 310 g/mol. The third kappa shape index (κ3) is 3.46. The normalized spacial score (nSPS) is 27.2. The number of nitrogens with zero attached hydrogens (tertiary/aromatic N) is 1. The molecule has 2 atom stereocenters. The number of benzene rings is 1. The first-order chi connectivity index (χ1) is 9.86. The van der Waals surface area contributed by atoms with Gasteiger partial charge < -0.3 is 4.90 Å². The van der Waals surface area contributed by atoms with Gasteiger partial charge in [0.1, 0.15) is 0 Å². The number of aryl methyl sites for hydroxylation is 1. The number of piperidine rings is 1. The summed E-state index contributed by atoms with van der Waals surface area (Å²) in [6.07, 6.45) is 8.23. The zero-order valence-electron chi connectivity index (χ0n) is 12.4. The Morgan fingerprint density at radius 2 is 2.05 bits per heavy atom. The quantitative estimate of drug-likeness (QED) is 0.726. The third-order valence-corrected chi connectivity index (χ3v) is 5.55. The Bertz CT molecular complexity index is 429. The van der Waals surface area contributed by atoms with E-state index in [2.05, 4.69) is 45.1 Å². The maximum atomic E-state index is 3.61. The lowest BCUT2D eigenvalue weighted by Gasteiger charge is -2.36. The first kappa shape index (κ1) is 14.6. The lowest BCUT2D eigenvalue weighted by atomic mass is 9.82. The van der Waals surface area contributed by atoms with E-state index in [0.717, 1.165) is 17.2 Å². The standard InChI is InChI=1S/C18H26BrN/c19-11-10-15-5-4-12-20(13-15)14-17-8-3-7-16-6-1-2-9-18(16)17/h1-2,6,9,15,17H,3-5,7-8,10-14H2. The SMILES string of the molecule is BrCCC1CCCN(CC2CCCc3ccccc32)C1. The highest BCUT2D eigenvalue weighted by Crippen LogP contribution is 2.33. The highest BCUT2D eigenvalue weighted by atomic mass is 79.9. The van der Waals surface area contributed by atoms with Gasteiger partial charge in [0.25, 0.3) is 0 Å². The smallest absolute Gasteiger partial charge is 0.00505 e. The predicted molar refractivity (Wildman–Crippen MR) is 89.7 cm³/mol. The van der Waals surface area contributed by atoms with Crippen molar-refractivity contribution in [1.82, 2.24) is 4.90 Å². The van der Waals surface area contributed by atoms with Crippen LogP contribution in [0.25, 0.3) is 0 Å². The largest absolute Gasteiger partial charge is 0.302 e. The number of hydrogen-bond donors (Lipinski definition) is 0. The second-order valence-corrected chi connectivity index (χ2v) is 7.33. The van der Waals surface area contributed by atoms with Crippen LogP contribution in [0.1, 0.15) is 49.1 Å². The monoisotopic (exact) mass is 335 g/mol. The van der Waals surface area contributed by atoms with Crippen molar-refractivity contribution < 1.29 is 0 Å². The average Bonchev–Trinajstić information content (AvgIpc) is 2.48. The zero-order valence-corrected chi connectivity index (χ0v) is 13.9. The van der Waals surface area contributed by atoms with Gasteiger partial charge in [0.2, 0.25) is 0 Å². The van der Waals surface area contributed by atoms with Gasteiger partial charge in [-0.1, -0.05) is 40.2 Å². The molecule has 0 bridgehead atoms. The third-order valence-electron chi connectivity index (χ3n) is 5.09. The van der Waals surface area contributed by atoms with Crippen molar-refractivity contribution in [2.24, 2.45) is 5.92 Å². The van der Waals surface area contributed by atoms with Gasteiger partial charge >= 0.3 is 0 Å². The van der Waals surface area contributed by atoms with Crippen molar-refractivity contribution in [3.8, 4) is 0 Å². The minimum atomic E-state index is 0.780. The second kappa shape index (κ2) is 7.09. The predicted octanol–water partition coefficient (Wildman–Crippen LogP) is 4.60. The maximum Gasteiger partial charge on any atom is 0.00505 e. The summed E-state index contributed by atoms with van der Waals surface area (Å²) in [4.78, 5) is 2.74. The molecule has 0 spiro atoms. The van der Waals surface area contributed by atoms with E-state index in [1.807, 2.05) is 0 Å². The van der Waals surface area contributed by atoms with Crippen LogP contribution in [-0.4, -0.2) is 29.9 Å². The average molecular weight is 336 g/mol. The van der Waals surface area contributed by atoms with Gasteiger partial charge in [0, 0.05) is 18.4 Å². The van der Waals surface area contributed by atoms with Gasteiger partial charge in [0.05, 0.1) is 0 Å². The summed E-state index contributed by atoms with van der Waals surface area (Å²) in [5.74, 6) is 1.70. The summed E-state index contributed by atoms with van der Waals surface area (Å²) in [7, 11) is 0. The van der Waals surface area contributed by atoms with Gasteiger partial charge in [-0.15, -0.1) is 0 Å². The Balaban J connectivity index is 1.63. The van der Waals surface area contributed by atoms with Crippen molar-refractivity contribution in [1.29, 1.82) is 0 Å². The topological polar surface area (TPSA) is 3.24 Å². The molecule has 1 saturated heterocycles. The lowest BCUT2D eigenvalue weighted by Crippen LogP contribution is -2.38. The van der Waals surface area contributed by atoms with Crippen LogP contribution in [0.4, 0.5) is 0 Å². The van der Waals surface area contributed by atoms with Gasteiger partial charge in [-0.05, 0) is 68.0 Å². The summed E-state index contributed by atoms with van der Waals surface area (Å²) in [5, 5.41) is 1.16. The summed E-state index contributed by atoms with van der Waals surface area (Å²) in [5.41, 5.74) is 3.25. The van der Waals surface area contributed by atoms with E-state index in [-0.39, 0.29) is 0 Å². The molecule has 0 radical (unpaired) electrons. The van der Waals surface area contributed by atoms with E-state index < -0.39 is 0 Å². The van der Waals surface area contributed by atoms with Crippen LogP contribution in [0, 0.1) is 5.92 Å². The molecule has 1 fully saturated rings. The molecule has 1 aliphatic carbocycles. The molecule has 1 aliphatic heterocycles. The van der Waals surface area contributed by atoms with Gasteiger partial charge in [0.15, 0.2) is 0 Å². The Morgan fingerprint density at radius 1 is 1.15 bits per heavy atom. The molecule has 0 amide bonds. The summed E-state index contributed by atoms with van der Waals surface area (Å²) >= 11 is 3.61. The molecule has 1 aromatic carbocycles. The minimum Gasteiger partial charge on any atom is -0.302 e. The zero-order chi connectivity index (χ0) is 13.8. The van der Waals surface area contributed by atoms with Gasteiger partial charge in [-0.3, -0.25) is 0 Å². The number of likely N-dealkylation sites (tertiary alicyclic amines) is 1. The Labute approximate surface area is 131 Å². The molecule has 0 aromatic heterocycles. The molecule has 2 heteroatoms. The molecule has 20 heavy (non-hydrogen) atoms. The Morgan fingerprint density at radius 3 is 2.95 bits per heavy atom. The first-order valence-corrected chi connectivity index (χ1v) is 9.35. The van der Waals surface area contributed by atoms with E-state index in [1.54, 1.807) is 11.1 Å². The molecule has 1 aromatic rings. The van der Waals surface area contributed by atoms with Crippen LogP contribution in [0.3, 0.4) is 0 Å². The van der Waals surface area contributed by atoms with Crippen LogP contribution in [0.5, 0.6) is 0 Å². The van der Waals surface area contributed by atoms with E-state index in [4.69, 9.17) is 0 Å². The first-order valence-electron chi connectivity index (χ1n) is 8.23. The van der Waals surface area contributed by atoms with E-state index in [0.29, 0.717) is 0 Å². The number of rotatable bonds is 4. The summed E-state index contributed by atoms with van der Waals surface area (Å²) in [6.45, 7) is 3.93. The van der Waals surface area contributed by atoms with Gasteiger partial charge in [-0.25, -0.2) is 0 Å². The van der Waals surface area contributed by atoms with E-state index in [9.17, 15) is 0 Å². The molecule has 3 rings (SSSR count). The van der Waals surface area contributed by atoms with Crippen molar-refractivity contribution >= 4 is 15.9 Å². The minimum absolute atomic E-state index is 0.780. The molecule has 2 unspecified atom stereocenters. The number of alkyl halides is 1. The van der Waals surface area contributed by atoms with Crippen LogP contribution in [-0.2, 0) is 6.42 Å². The fourth-order valence-corrected chi connectivity index (χ4v) is 4.71. The van der Waals surface area contributed by atoms with E-state index in [1.165, 1.54) is 58.2 Å². The highest BCUT2D eigenvalue weighted by molar-refractivity contribution is 9.09. The van der Waals surface area contributed by atoms with Crippen molar-refractivity contribution in [3.05, 3.63) is 35.4 Å².